The summed E-state index contributed by atoms with van der Waals surface area (Å²) in [6.07, 6.45) is 8.20. The van der Waals surface area contributed by atoms with Crippen LogP contribution in [0.3, 0.4) is 0 Å². The third-order valence-electron chi connectivity index (χ3n) is 2.95. The fraction of sp³-hybridized carbons (Fsp3) is 0.333. The molecule has 1 atom stereocenters. The Morgan fingerprint density at radius 2 is 2.30 bits per heavy atom. The zero-order chi connectivity index (χ0) is 15.0. The van der Waals surface area contributed by atoms with Crippen molar-refractivity contribution < 1.29 is 0 Å². The third-order valence-corrected chi connectivity index (χ3v) is 2.95. The second kappa shape index (κ2) is 8.12. The van der Waals surface area contributed by atoms with E-state index < -0.39 is 0 Å². The summed E-state index contributed by atoms with van der Waals surface area (Å²) in [6, 6.07) is 3.74. The van der Waals surface area contributed by atoms with E-state index in [4.69, 9.17) is 11.6 Å². The molecule has 0 spiro atoms. The lowest BCUT2D eigenvalue weighted by Gasteiger charge is -2.08. The van der Waals surface area contributed by atoms with Crippen LogP contribution in [0.5, 0.6) is 0 Å². The highest BCUT2D eigenvalue weighted by molar-refractivity contribution is 5.73. The fourth-order valence-electron chi connectivity index (χ4n) is 1.64. The van der Waals surface area contributed by atoms with Crippen LogP contribution >= 0.6 is 0 Å². The first-order valence-electron chi connectivity index (χ1n) is 6.71. The van der Waals surface area contributed by atoms with Gasteiger partial charge in [-0.05, 0) is 25.0 Å². The van der Waals surface area contributed by atoms with Gasteiger partial charge < -0.3 is 11.2 Å². The Morgan fingerprint density at radius 1 is 1.55 bits per heavy atom. The van der Waals surface area contributed by atoms with E-state index in [1.807, 2.05) is 19.1 Å². The molecule has 0 aliphatic carbocycles. The first kappa shape index (κ1) is 15.9. The SMILES string of the molecule is CC=N/C(=C\C(C)CC)c1cc(/C(N)=C/NN)ccn1. The van der Waals surface area contributed by atoms with Gasteiger partial charge in [-0.2, -0.15) is 0 Å². The monoisotopic (exact) mass is 273 g/mol. The lowest BCUT2D eigenvalue weighted by atomic mass is 10.1. The van der Waals surface area contributed by atoms with Crippen molar-refractivity contribution in [2.24, 2.45) is 22.5 Å². The molecule has 1 heterocycles. The Hall–Kier alpha value is -2.14. The number of nitrogens with zero attached hydrogens (tertiary/aromatic N) is 2. The van der Waals surface area contributed by atoms with Crippen molar-refractivity contribution in [2.45, 2.75) is 27.2 Å². The standard InChI is InChI=1S/C15H23N5/c1-4-11(3)8-14(18-5-2)15-9-12(6-7-19-15)13(16)10-20-17/h5-11,20H,4,16-17H2,1-3H3/b13-10-,14-8-,18-5?. The zero-order valence-corrected chi connectivity index (χ0v) is 12.3. The van der Waals surface area contributed by atoms with Crippen molar-refractivity contribution in [2.75, 3.05) is 0 Å². The molecule has 5 heteroatoms. The van der Waals surface area contributed by atoms with Crippen molar-refractivity contribution in [3.8, 4) is 0 Å². The predicted molar refractivity (Wildman–Crippen MR) is 85.3 cm³/mol. The quantitative estimate of drug-likeness (QED) is 0.421. The smallest absolute Gasteiger partial charge is 0.0889 e. The lowest BCUT2D eigenvalue weighted by molar-refractivity contribution is 0.698. The van der Waals surface area contributed by atoms with Crippen LogP contribution in [0.1, 0.15) is 38.4 Å². The summed E-state index contributed by atoms with van der Waals surface area (Å²) in [6.45, 7) is 6.19. The molecule has 0 saturated heterocycles. The van der Waals surface area contributed by atoms with Gasteiger partial charge >= 0.3 is 0 Å². The molecule has 0 aliphatic heterocycles. The summed E-state index contributed by atoms with van der Waals surface area (Å²) in [7, 11) is 0. The normalized spacial score (nSPS) is 14.6. The van der Waals surface area contributed by atoms with Gasteiger partial charge in [0.25, 0.3) is 0 Å². The molecule has 0 fully saturated rings. The predicted octanol–water partition coefficient (Wildman–Crippen LogP) is 2.28. The van der Waals surface area contributed by atoms with E-state index in [0.29, 0.717) is 11.6 Å². The molecule has 0 aromatic carbocycles. The maximum atomic E-state index is 5.91. The Morgan fingerprint density at radius 3 is 2.90 bits per heavy atom. The van der Waals surface area contributed by atoms with Crippen molar-refractivity contribution in [3.63, 3.8) is 0 Å². The second-order valence-corrected chi connectivity index (χ2v) is 4.52. The summed E-state index contributed by atoms with van der Waals surface area (Å²) in [5.74, 6) is 5.68. The number of hydrazine groups is 1. The minimum absolute atomic E-state index is 0.442. The van der Waals surface area contributed by atoms with Crippen LogP contribution in [-0.4, -0.2) is 11.2 Å². The highest BCUT2D eigenvalue weighted by Gasteiger charge is 2.06. The van der Waals surface area contributed by atoms with Crippen LogP contribution in [-0.2, 0) is 0 Å². The fourth-order valence-corrected chi connectivity index (χ4v) is 1.64. The molecule has 0 bridgehead atoms. The molecule has 1 rings (SSSR count). The van der Waals surface area contributed by atoms with Gasteiger partial charge in [0.15, 0.2) is 0 Å². The van der Waals surface area contributed by atoms with Crippen LogP contribution in [0.25, 0.3) is 11.4 Å². The second-order valence-electron chi connectivity index (χ2n) is 4.52. The molecule has 108 valence electrons. The summed E-state index contributed by atoms with van der Waals surface area (Å²) in [4.78, 5) is 8.77. The first-order chi connectivity index (χ1) is 9.62. The number of aromatic nitrogens is 1. The number of pyridine rings is 1. The summed E-state index contributed by atoms with van der Waals surface area (Å²) < 4.78 is 0. The average Bonchev–Trinajstić information content (AvgIpc) is 2.47. The van der Waals surface area contributed by atoms with Crippen LogP contribution in [0.2, 0.25) is 0 Å². The minimum atomic E-state index is 0.442. The van der Waals surface area contributed by atoms with E-state index in [0.717, 1.165) is 23.4 Å². The van der Waals surface area contributed by atoms with E-state index in [-0.39, 0.29) is 0 Å². The third kappa shape index (κ3) is 4.51. The molecule has 1 unspecified atom stereocenters. The van der Waals surface area contributed by atoms with Gasteiger partial charge in [0.2, 0.25) is 0 Å². The minimum Gasteiger partial charge on any atom is -0.397 e. The number of hydrogen-bond acceptors (Lipinski definition) is 5. The number of nitrogens with one attached hydrogen (secondary N) is 1. The highest BCUT2D eigenvalue weighted by Crippen LogP contribution is 2.20. The lowest BCUT2D eigenvalue weighted by Crippen LogP contribution is -2.16. The topological polar surface area (TPSA) is 89.3 Å². The molecule has 1 aromatic rings. The Labute approximate surface area is 120 Å². The van der Waals surface area contributed by atoms with Gasteiger partial charge in [-0.1, -0.05) is 26.3 Å². The number of rotatable bonds is 6. The average molecular weight is 273 g/mol. The first-order valence-corrected chi connectivity index (χ1v) is 6.71. The maximum Gasteiger partial charge on any atom is 0.0889 e. The van der Waals surface area contributed by atoms with Gasteiger partial charge in [-0.15, -0.1) is 0 Å². The number of aliphatic imine (C=N–C) groups is 1. The molecule has 0 saturated carbocycles. The zero-order valence-electron chi connectivity index (χ0n) is 12.3. The van der Waals surface area contributed by atoms with Crippen LogP contribution < -0.4 is 17.0 Å². The highest BCUT2D eigenvalue weighted by atomic mass is 15.2. The molecule has 20 heavy (non-hydrogen) atoms. The number of hydrogen-bond donors (Lipinski definition) is 3. The summed E-state index contributed by atoms with van der Waals surface area (Å²) in [5, 5.41) is 0. The van der Waals surface area contributed by atoms with E-state index in [1.165, 1.54) is 0 Å². The maximum absolute atomic E-state index is 5.91. The van der Waals surface area contributed by atoms with Gasteiger partial charge in [-0.25, -0.2) is 0 Å². The van der Waals surface area contributed by atoms with E-state index in [9.17, 15) is 0 Å². The Kier molecular flexibility index (Phi) is 6.46. The summed E-state index contributed by atoms with van der Waals surface area (Å²) in [5.41, 5.74) is 11.4. The van der Waals surface area contributed by atoms with Gasteiger partial charge in [-0.3, -0.25) is 15.8 Å². The molecule has 0 aliphatic rings. The Bertz CT molecular complexity index is 517. The Balaban J connectivity index is 3.19. The van der Waals surface area contributed by atoms with Crippen LogP contribution in [0, 0.1) is 5.92 Å². The van der Waals surface area contributed by atoms with Crippen molar-refractivity contribution in [3.05, 3.63) is 41.9 Å². The van der Waals surface area contributed by atoms with Gasteiger partial charge in [0, 0.05) is 24.2 Å². The molecular formula is C15H23N5. The number of allylic oxidation sites excluding steroid dienone is 1. The number of nitrogens with two attached hydrogens (primary N) is 2. The molecule has 5 nitrogen and oxygen atoms in total. The largest absolute Gasteiger partial charge is 0.397 e. The molecule has 0 radical (unpaired) electrons. The van der Waals surface area contributed by atoms with E-state index >= 15 is 0 Å². The summed E-state index contributed by atoms with van der Waals surface area (Å²) >= 11 is 0. The van der Waals surface area contributed by atoms with Gasteiger partial charge in [0.1, 0.15) is 0 Å². The van der Waals surface area contributed by atoms with Crippen LogP contribution in [0.4, 0.5) is 0 Å². The molecule has 1 aromatic heterocycles. The van der Waals surface area contributed by atoms with E-state index in [1.54, 1.807) is 18.6 Å². The van der Waals surface area contributed by atoms with Crippen molar-refractivity contribution >= 4 is 17.6 Å². The van der Waals surface area contributed by atoms with Crippen molar-refractivity contribution in [1.82, 2.24) is 10.4 Å². The van der Waals surface area contributed by atoms with Gasteiger partial charge in [0.05, 0.1) is 17.1 Å². The van der Waals surface area contributed by atoms with E-state index in [2.05, 4.69) is 35.3 Å². The molecule has 5 N–H and O–H groups in total. The van der Waals surface area contributed by atoms with Crippen molar-refractivity contribution in [1.29, 1.82) is 0 Å². The van der Waals surface area contributed by atoms with Crippen LogP contribution in [0.15, 0.2) is 35.6 Å². The molecular weight excluding hydrogens is 250 g/mol. The molecule has 0 amide bonds.